The van der Waals surface area contributed by atoms with Gasteiger partial charge in [-0.2, -0.15) is 0 Å². The minimum absolute atomic E-state index is 0.525. The Morgan fingerprint density at radius 1 is 0.955 bits per heavy atom. The van der Waals surface area contributed by atoms with E-state index in [1.54, 1.807) is 16.7 Å². The highest BCUT2D eigenvalue weighted by atomic mass is 14.5. The number of hydrogen-bond donors (Lipinski definition) is 0. The summed E-state index contributed by atoms with van der Waals surface area (Å²) in [5.41, 5.74) is 5.66. The fraction of sp³-hybridized carbons (Fsp3) is 0.636. The third-order valence-electron chi connectivity index (χ3n) is 7.32. The molecule has 0 heteroatoms. The summed E-state index contributed by atoms with van der Waals surface area (Å²) in [4.78, 5) is 0. The third-order valence-corrected chi connectivity index (χ3v) is 7.32. The monoisotopic (exact) mass is 292 g/mol. The van der Waals surface area contributed by atoms with Crippen molar-refractivity contribution in [1.29, 1.82) is 0 Å². The van der Waals surface area contributed by atoms with Gasteiger partial charge in [-0.3, -0.25) is 0 Å². The lowest BCUT2D eigenvalue weighted by Crippen LogP contribution is -2.35. The van der Waals surface area contributed by atoms with Gasteiger partial charge in [0.2, 0.25) is 0 Å². The van der Waals surface area contributed by atoms with E-state index in [0.29, 0.717) is 5.41 Å². The lowest BCUT2D eigenvalue weighted by atomic mass is 9.62. The molecular weight excluding hydrogens is 264 g/mol. The van der Waals surface area contributed by atoms with E-state index in [4.69, 9.17) is 0 Å². The Hall–Kier alpha value is -1.04. The first kappa shape index (κ1) is 13.4. The van der Waals surface area contributed by atoms with Crippen molar-refractivity contribution in [2.24, 2.45) is 11.8 Å². The van der Waals surface area contributed by atoms with Gasteiger partial charge in [0.15, 0.2) is 0 Å². The molecule has 0 nitrogen and oxygen atoms in total. The van der Waals surface area contributed by atoms with Crippen LogP contribution in [0.3, 0.4) is 0 Å². The molecule has 1 aromatic rings. The van der Waals surface area contributed by atoms with E-state index in [1.807, 2.05) is 0 Å². The maximum absolute atomic E-state index is 2.68. The molecule has 1 aromatic carbocycles. The van der Waals surface area contributed by atoms with Crippen LogP contribution in [0.4, 0.5) is 0 Å². The van der Waals surface area contributed by atoms with Crippen molar-refractivity contribution in [2.45, 2.75) is 75.5 Å². The molecular formula is C22H28. The molecule has 3 unspecified atom stereocenters. The summed E-state index contributed by atoms with van der Waals surface area (Å²) in [6.07, 6.45) is 19.3. The number of benzene rings is 1. The zero-order valence-electron chi connectivity index (χ0n) is 13.7. The minimum atomic E-state index is 0.525. The van der Waals surface area contributed by atoms with E-state index in [0.717, 1.165) is 17.8 Å². The van der Waals surface area contributed by atoms with Crippen LogP contribution in [0.25, 0.3) is 0 Å². The molecule has 0 radical (unpaired) electrons. The third kappa shape index (κ3) is 1.88. The van der Waals surface area contributed by atoms with Crippen LogP contribution in [0.2, 0.25) is 0 Å². The van der Waals surface area contributed by atoms with E-state index in [1.165, 1.54) is 64.2 Å². The van der Waals surface area contributed by atoms with E-state index < -0.39 is 0 Å². The fourth-order valence-electron chi connectivity index (χ4n) is 6.25. The Labute approximate surface area is 135 Å². The number of rotatable bonds is 1. The molecule has 0 aliphatic heterocycles. The lowest BCUT2D eigenvalue weighted by Gasteiger charge is -2.42. The Balaban J connectivity index is 1.57. The van der Waals surface area contributed by atoms with Gasteiger partial charge in [0.25, 0.3) is 0 Å². The van der Waals surface area contributed by atoms with Crippen LogP contribution >= 0.6 is 0 Å². The fourth-order valence-corrected chi connectivity index (χ4v) is 6.25. The van der Waals surface area contributed by atoms with Gasteiger partial charge in [-0.1, -0.05) is 49.6 Å². The molecule has 2 bridgehead atoms. The molecule has 5 rings (SSSR count). The first-order valence-electron chi connectivity index (χ1n) is 9.67. The quantitative estimate of drug-likeness (QED) is 0.565. The molecule has 2 saturated carbocycles. The molecule has 3 atom stereocenters. The van der Waals surface area contributed by atoms with Crippen molar-refractivity contribution in [3.05, 3.63) is 47.0 Å². The van der Waals surface area contributed by atoms with Crippen molar-refractivity contribution in [3.63, 3.8) is 0 Å². The molecule has 0 saturated heterocycles. The predicted molar refractivity (Wildman–Crippen MR) is 92.2 cm³/mol. The summed E-state index contributed by atoms with van der Waals surface area (Å²) in [5.74, 6) is 2.58. The summed E-state index contributed by atoms with van der Waals surface area (Å²) in [6.45, 7) is 0. The molecule has 4 aliphatic rings. The van der Waals surface area contributed by atoms with Crippen molar-refractivity contribution in [1.82, 2.24) is 0 Å². The smallest absolute Gasteiger partial charge is 0.00244 e. The van der Waals surface area contributed by atoms with Crippen LogP contribution < -0.4 is 0 Å². The standard InChI is InChI=1S/C22H28/c1-2-5-17(6-3-1)19-10-9-18-7-4-12-22(21(18)14-19)15-16-8-11-20(22)13-16/h8-11,14,16-17,20H,1-7,12-13,15H2. The van der Waals surface area contributed by atoms with Gasteiger partial charge in [0.05, 0.1) is 0 Å². The Morgan fingerprint density at radius 2 is 1.86 bits per heavy atom. The van der Waals surface area contributed by atoms with Crippen molar-refractivity contribution < 1.29 is 0 Å². The Bertz CT molecular complexity index is 604. The van der Waals surface area contributed by atoms with Gasteiger partial charge in [-0.25, -0.2) is 0 Å². The van der Waals surface area contributed by atoms with Crippen molar-refractivity contribution in [3.8, 4) is 0 Å². The highest BCUT2D eigenvalue weighted by Gasteiger charge is 2.50. The molecule has 0 heterocycles. The molecule has 0 amide bonds. The molecule has 0 aromatic heterocycles. The van der Waals surface area contributed by atoms with E-state index in [2.05, 4.69) is 30.4 Å². The Morgan fingerprint density at radius 3 is 2.64 bits per heavy atom. The molecule has 1 spiro atoms. The van der Waals surface area contributed by atoms with Crippen LogP contribution in [0.5, 0.6) is 0 Å². The highest BCUT2D eigenvalue weighted by Crippen LogP contribution is 2.58. The zero-order valence-corrected chi connectivity index (χ0v) is 13.7. The second-order valence-corrected chi connectivity index (χ2v) is 8.45. The average Bonchev–Trinajstić information content (AvgIpc) is 3.17. The highest BCUT2D eigenvalue weighted by molar-refractivity contribution is 5.45. The first-order valence-corrected chi connectivity index (χ1v) is 9.67. The zero-order chi connectivity index (χ0) is 14.6. The topological polar surface area (TPSA) is 0 Å². The molecule has 2 fully saturated rings. The predicted octanol–water partition coefficient (Wildman–Crippen LogP) is 5.90. The van der Waals surface area contributed by atoms with E-state index in [-0.39, 0.29) is 0 Å². The second-order valence-electron chi connectivity index (χ2n) is 8.45. The molecule has 116 valence electrons. The minimum Gasteiger partial charge on any atom is -0.0851 e. The number of fused-ring (bicyclic) bond motifs is 5. The maximum Gasteiger partial charge on any atom is 0.00244 e. The van der Waals surface area contributed by atoms with Crippen LogP contribution in [0.1, 0.15) is 80.4 Å². The van der Waals surface area contributed by atoms with Crippen LogP contribution in [0, 0.1) is 11.8 Å². The lowest BCUT2D eigenvalue weighted by molar-refractivity contribution is 0.303. The van der Waals surface area contributed by atoms with Crippen LogP contribution in [0.15, 0.2) is 30.4 Å². The largest absolute Gasteiger partial charge is 0.0851 e. The van der Waals surface area contributed by atoms with Crippen LogP contribution in [-0.4, -0.2) is 0 Å². The van der Waals surface area contributed by atoms with Gasteiger partial charge in [0.1, 0.15) is 0 Å². The average molecular weight is 292 g/mol. The van der Waals surface area contributed by atoms with Crippen LogP contribution in [-0.2, 0) is 11.8 Å². The van der Waals surface area contributed by atoms with Gasteiger partial charge in [-0.15, -0.1) is 0 Å². The number of aryl methyl sites for hydroxylation is 1. The Kier molecular flexibility index (Phi) is 3.03. The summed E-state index contributed by atoms with van der Waals surface area (Å²) < 4.78 is 0. The van der Waals surface area contributed by atoms with Gasteiger partial charge < -0.3 is 0 Å². The summed E-state index contributed by atoms with van der Waals surface area (Å²) in [7, 11) is 0. The van der Waals surface area contributed by atoms with Gasteiger partial charge in [0, 0.05) is 5.41 Å². The summed E-state index contributed by atoms with van der Waals surface area (Å²) >= 11 is 0. The first-order chi connectivity index (χ1) is 10.9. The van der Waals surface area contributed by atoms with Crippen molar-refractivity contribution in [2.75, 3.05) is 0 Å². The SMILES string of the molecule is C1=CC2CC1CC21CCCc2ccc(C3CCCCC3)cc21. The number of allylic oxidation sites excluding steroid dienone is 2. The van der Waals surface area contributed by atoms with E-state index in [9.17, 15) is 0 Å². The second kappa shape index (κ2) is 4.98. The number of hydrogen-bond acceptors (Lipinski definition) is 0. The van der Waals surface area contributed by atoms with E-state index >= 15 is 0 Å². The molecule has 4 aliphatic carbocycles. The maximum atomic E-state index is 2.68. The van der Waals surface area contributed by atoms with Gasteiger partial charge >= 0.3 is 0 Å². The molecule has 0 N–H and O–H groups in total. The van der Waals surface area contributed by atoms with Crippen molar-refractivity contribution >= 4 is 0 Å². The van der Waals surface area contributed by atoms with Gasteiger partial charge in [-0.05, 0) is 79.4 Å². The molecule has 22 heavy (non-hydrogen) atoms. The normalized spacial score (nSPS) is 36.9. The summed E-state index contributed by atoms with van der Waals surface area (Å²) in [5, 5.41) is 0. The summed E-state index contributed by atoms with van der Waals surface area (Å²) in [6, 6.07) is 7.67.